The van der Waals surface area contributed by atoms with Crippen LogP contribution in [0.25, 0.3) is 0 Å². The van der Waals surface area contributed by atoms with Crippen LogP contribution < -0.4 is 20.3 Å². The van der Waals surface area contributed by atoms with Gasteiger partial charge in [-0.1, -0.05) is 11.6 Å². The number of aromatic amines is 1. The van der Waals surface area contributed by atoms with Crippen LogP contribution in [0.15, 0.2) is 10.9 Å². The number of hydrogen-bond acceptors (Lipinski definition) is 5. The van der Waals surface area contributed by atoms with Gasteiger partial charge in [0, 0.05) is 42.1 Å². The second kappa shape index (κ2) is 9.17. The molecule has 7 nitrogen and oxygen atoms in total. The van der Waals surface area contributed by atoms with Gasteiger partial charge < -0.3 is 19.8 Å². The van der Waals surface area contributed by atoms with Crippen molar-refractivity contribution in [3.63, 3.8) is 0 Å². The fourth-order valence-corrected chi connectivity index (χ4v) is 4.81. The molecule has 4 rings (SSSR count). The van der Waals surface area contributed by atoms with E-state index in [1.54, 1.807) is 26.8 Å². The minimum atomic E-state index is -0.898. The number of benzene rings is 1. The first-order chi connectivity index (χ1) is 15.7. The summed E-state index contributed by atoms with van der Waals surface area (Å²) < 4.78 is 27.0. The van der Waals surface area contributed by atoms with E-state index in [1.165, 1.54) is 0 Å². The Morgan fingerprint density at radius 3 is 2.58 bits per heavy atom. The Hall–Kier alpha value is -2.87. The molecule has 2 aromatic rings. The molecule has 1 aliphatic carbocycles. The van der Waals surface area contributed by atoms with Crippen LogP contribution in [0.5, 0.6) is 11.5 Å². The van der Waals surface area contributed by atoms with Crippen LogP contribution in [-0.2, 0) is 11.3 Å². The molecule has 33 heavy (non-hydrogen) atoms. The zero-order chi connectivity index (χ0) is 23.9. The van der Waals surface area contributed by atoms with Gasteiger partial charge in [-0.3, -0.25) is 14.4 Å². The summed E-state index contributed by atoms with van der Waals surface area (Å²) in [6, 6.07) is 1.80. The van der Waals surface area contributed by atoms with Crippen molar-refractivity contribution in [1.29, 1.82) is 0 Å². The first-order valence-corrected chi connectivity index (χ1v) is 11.4. The smallest absolute Gasteiger partial charge is 0.254 e. The predicted octanol–water partition coefficient (Wildman–Crippen LogP) is 3.92. The molecule has 1 aromatic carbocycles. The van der Waals surface area contributed by atoms with E-state index in [0.717, 1.165) is 5.56 Å². The average molecular weight is 477 g/mol. The predicted molar refractivity (Wildman–Crippen MR) is 121 cm³/mol. The molecule has 0 unspecified atom stereocenters. The van der Waals surface area contributed by atoms with Gasteiger partial charge in [0.15, 0.2) is 17.3 Å². The average Bonchev–Trinajstić information content (AvgIpc) is 2.77. The van der Waals surface area contributed by atoms with Crippen molar-refractivity contribution in [2.75, 3.05) is 6.61 Å². The van der Waals surface area contributed by atoms with Crippen molar-refractivity contribution in [2.24, 2.45) is 5.92 Å². The summed E-state index contributed by atoms with van der Waals surface area (Å²) >= 11 is 6.21. The van der Waals surface area contributed by atoms with Gasteiger partial charge in [-0.15, -0.1) is 0 Å². The van der Waals surface area contributed by atoms with Crippen molar-refractivity contribution < 1.29 is 23.5 Å². The third-order valence-corrected chi connectivity index (χ3v) is 6.79. The Morgan fingerprint density at radius 1 is 1.21 bits per heavy atom. The molecule has 2 N–H and O–H groups in total. The molecular weight excluding hydrogens is 451 g/mol. The maximum Gasteiger partial charge on any atom is 0.254 e. The van der Waals surface area contributed by atoms with Gasteiger partial charge >= 0.3 is 0 Å². The van der Waals surface area contributed by atoms with Gasteiger partial charge in [-0.25, -0.2) is 4.39 Å². The number of carbonyl (C=O) groups is 2. The second-order valence-electron chi connectivity index (χ2n) is 8.76. The molecule has 1 amide bonds. The van der Waals surface area contributed by atoms with Crippen LogP contribution in [0, 0.1) is 32.5 Å². The van der Waals surface area contributed by atoms with Gasteiger partial charge in [0.25, 0.3) is 11.5 Å². The number of H-pyrrole nitrogens is 1. The first-order valence-electron chi connectivity index (χ1n) is 11.0. The van der Waals surface area contributed by atoms with Crippen LogP contribution in [0.2, 0.25) is 5.02 Å². The van der Waals surface area contributed by atoms with E-state index >= 15 is 4.39 Å². The minimum Gasteiger partial charge on any atom is -0.484 e. The molecule has 2 aliphatic rings. The Balaban J connectivity index is 1.59. The molecule has 1 aliphatic heterocycles. The van der Waals surface area contributed by atoms with E-state index in [9.17, 15) is 14.4 Å². The van der Waals surface area contributed by atoms with Crippen molar-refractivity contribution in [1.82, 2.24) is 10.3 Å². The van der Waals surface area contributed by atoms with Crippen molar-refractivity contribution in [3.8, 4) is 11.5 Å². The molecule has 0 radical (unpaired) electrons. The van der Waals surface area contributed by atoms with Crippen LogP contribution in [0.1, 0.15) is 58.4 Å². The number of nitrogens with one attached hydrogen (secondary N) is 2. The normalized spacial score (nSPS) is 18.3. The number of aromatic nitrogens is 1. The Bertz CT molecular complexity index is 1180. The lowest BCUT2D eigenvalue weighted by Gasteiger charge is -2.35. The summed E-state index contributed by atoms with van der Waals surface area (Å²) in [5.41, 5.74) is 1.55. The summed E-state index contributed by atoms with van der Waals surface area (Å²) in [6.07, 6.45) is 2.11. The molecule has 1 atom stereocenters. The number of ketones is 1. The fourth-order valence-electron chi connectivity index (χ4n) is 4.57. The molecule has 0 bridgehead atoms. The molecule has 0 saturated heterocycles. The van der Waals surface area contributed by atoms with E-state index in [-0.39, 0.29) is 64.2 Å². The summed E-state index contributed by atoms with van der Waals surface area (Å²) in [5.74, 6) is -0.909. The fraction of sp³-hybridized carbons (Fsp3) is 0.458. The highest BCUT2D eigenvalue weighted by Crippen LogP contribution is 2.46. The number of hydrogen-bond donors (Lipinski definition) is 2. The molecular formula is C24H26ClFN2O5. The molecule has 176 valence electrons. The number of amides is 1. The summed E-state index contributed by atoms with van der Waals surface area (Å²) in [5, 5.41) is 2.30. The number of ether oxygens (including phenoxy) is 2. The number of carbonyl (C=O) groups excluding carboxylic acids is 2. The van der Waals surface area contributed by atoms with E-state index in [4.69, 9.17) is 21.1 Å². The highest BCUT2D eigenvalue weighted by atomic mass is 35.5. The number of pyridine rings is 1. The highest BCUT2D eigenvalue weighted by molar-refractivity contribution is 6.33. The van der Waals surface area contributed by atoms with Gasteiger partial charge in [-0.2, -0.15) is 0 Å². The van der Waals surface area contributed by atoms with Crippen molar-refractivity contribution >= 4 is 23.3 Å². The van der Waals surface area contributed by atoms with Crippen LogP contribution in [0.4, 0.5) is 4.39 Å². The number of halogens is 2. The standard InChI is InChI=1S/C24H26ClFN2O5/c1-11-8-12(2)28-23(30)16(11)9-27-24(31)18-13(3)21-22(19(25)20(18)26)32-10-17(33-21)14-4-6-15(29)7-5-14/h8,14,17H,4-7,9-10H2,1-3H3,(H,27,31)(H,28,30)/t17-/m1/s1. The summed E-state index contributed by atoms with van der Waals surface area (Å²) in [4.78, 5) is 39.5. The number of Topliss-reactive ketones (excluding diaryl/α,β-unsaturated/α-hetero) is 1. The third-order valence-electron chi connectivity index (χ3n) is 6.45. The lowest BCUT2D eigenvalue weighted by Crippen LogP contribution is -2.39. The van der Waals surface area contributed by atoms with E-state index in [1.807, 2.05) is 0 Å². The van der Waals surface area contributed by atoms with Crippen molar-refractivity contribution in [2.45, 2.75) is 59.1 Å². The van der Waals surface area contributed by atoms with E-state index < -0.39 is 11.7 Å². The van der Waals surface area contributed by atoms with Crippen molar-refractivity contribution in [3.05, 3.63) is 55.2 Å². The summed E-state index contributed by atoms with van der Waals surface area (Å²) in [7, 11) is 0. The number of aryl methyl sites for hydroxylation is 2. The Labute approximate surface area is 195 Å². The lowest BCUT2D eigenvalue weighted by molar-refractivity contribution is -0.121. The Morgan fingerprint density at radius 2 is 1.91 bits per heavy atom. The quantitative estimate of drug-likeness (QED) is 0.697. The third kappa shape index (κ3) is 4.49. The molecule has 1 saturated carbocycles. The maximum absolute atomic E-state index is 15.1. The second-order valence-corrected chi connectivity index (χ2v) is 9.13. The van der Waals surface area contributed by atoms with E-state index in [2.05, 4.69) is 10.3 Å². The topological polar surface area (TPSA) is 97.5 Å². The summed E-state index contributed by atoms with van der Waals surface area (Å²) in [6.45, 7) is 5.25. The molecule has 9 heteroatoms. The van der Waals surface area contributed by atoms with Gasteiger partial charge in [0.2, 0.25) is 0 Å². The SMILES string of the molecule is Cc1cc(C)c(CNC(=O)c2c(C)c3c(c(Cl)c2F)OC[C@H](C2CCC(=O)CC2)O3)c(=O)[nH]1. The van der Waals surface area contributed by atoms with Crippen LogP contribution in [0.3, 0.4) is 0 Å². The molecule has 1 aromatic heterocycles. The Kier molecular flexibility index (Phi) is 6.47. The van der Waals surface area contributed by atoms with Gasteiger partial charge in [-0.05, 0) is 45.2 Å². The molecule has 0 spiro atoms. The lowest BCUT2D eigenvalue weighted by atomic mass is 9.84. The minimum absolute atomic E-state index is 0.0655. The van der Waals surface area contributed by atoms with Gasteiger partial charge in [0.05, 0.1) is 5.56 Å². The first kappa shape index (κ1) is 23.3. The number of fused-ring (bicyclic) bond motifs is 1. The molecule has 1 fully saturated rings. The zero-order valence-corrected chi connectivity index (χ0v) is 19.5. The number of rotatable bonds is 4. The zero-order valence-electron chi connectivity index (χ0n) is 18.8. The van der Waals surface area contributed by atoms with E-state index in [0.29, 0.717) is 36.9 Å². The monoisotopic (exact) mass is 476 g/mol. The van der Waals surface area contributed by atoms with Gasteiger partial charge in [0.1, 0.15) is 23.5 Å². The largest absolute Gasteiger partial charge is 0.484 e. The van der Waals surface area contributed by atoms with Crippen LogP contribution >= 0.6 is 11.6 Å². The van der Waals surface area contributed by atoms with Crippen LogP contribution in [-0.4, -0.2) is 29.4 Å². The highest BCUT2D eigenvalue weighted by Gasteiger charge is 2.36. The maximum atomic E-state index is 15.1. The molecule has 2 heterocycles.